The van der Waals surface area contributed by atoms with Gasteiger partial charge in [-0.25, -0.2) is 4.98 Å². The molecule has 7 heteroatoms. The normalized spacial score (nSPS) is 10.0. The van der Waals surface area contributed by atoms with E-state index in [0.29, 0.717) is 23.0 Å². The molecule has 0 bridgehead atoms. The number of methoxy groups -OCH3 is 2. The molecule has 0 fully saturated rings. The Bertz CT molecular complexity index is 620. The summed E-state index contributed by atoms with van der Waals surface area (Å²) in [5.41, 5.74) is 9.94. The van der Waals surface area contributed by atoms with Gasteiger partial charge in [0.25, 0.3) is 0 Å². The maximum absolute atomic E-state index is 5.75. The number of anilines is 2. The molecule has 1 heterocycles. The minimum Gasteiger partial charge on any atom is -0.493 e. The van der Waals surface area contributed by atoms with Crippen molar-refractivity contribution in [2.75, 3.05) is 25.4 Å². The lowest BCUT2D eigenvalue weighted by Crippen LogP contribution is -1.98. The molecule has 0 aliphatic heterocycles. The van der Waals surface area contributed by atoms with Gasteiger partial charge < -0.3 is 15.2 Å². The zero-order chi connectivity index (χ0) is 14.4. The molecule has 0 saturated carbocycles. The van der Waals surface area contributed by atoms with E-state index in [1.54, 1.807) is 38.8 Å². The standard InChI is InChI=1S/C14H16N4O2.ClH/c1-19-12-6-5-10(8-13(12)20-2)9-17-18-14-11(15)4-3-7-16-14;/h3-9H,15H2,1-2H3,(H,16,18);1H. The first-order valence-corrected chi connectivity index (χ1v) is 5.96. The van der Waals surface area contributed by atoms with Crippen molar-refractivity contribution in [3.63, 3.8) is 0 Å². The van der Waals surface area contributed by atoms with Crippen LogP contribution >= 0.6 is 12.4 Å². The van der Waals surface area contributed by atoms with E-state index in [1.165, 1.54) is 0 Å². The minimum atomic E-state index is 0. The Morgan fingerprint density at radius 3 is 2.62 bits per heavy atom. The number of hydrazone groups is 1. The number of nitrogens with one attached hydrogen (secondary N) is 1. The van der Waals surface area contributed by atoms with Crippen LogP contribution in [0.3, 0.4) is 0 Å². The lowest BCUT2D eigenvalue weighted by Gasteiger charge is -2.07. The summed E-state index contributed by atoms with van der Waals surface area (Å²) in [4.78, 5) is 4.08. The molecular formula is C14H17ClN4O2. The van der Waals surface area contributed by atoms with Crippen molar-refractivity contribution >= 4 is 30.1 Å². The molecule has 112 valence electrons. The van der Waals surface area contributed by atoms with Crippen molar-refractivity contribution in [2.45, 2.75) is 0 Å². The van der Waals surface area contributed by atoms with Gasteiger partial charge in [-0.2, -0.15) is 5.10 Å². The Kier molecular flexibility index (Phi) is 6.29. The summed E-state index contributed by atoms with van der Waals surface area (Å²) in [6.07, 6.45) is 3.29. The number of halogens is 1. The fourth-order valence-corrected chi connectivity index (χ4v) is 1.61. The summed E-state index contributed by atoms with van der Waals surface area (Å²) in [5.74, 6) is 1.84. The second-order valence-electron chi connectivity index (χ2n) is 3.93. The molecule has 2 rings (SSSR count). The Morgan fingerprint density at radius 2 is 1.95 bits per heavy atom. The lowest BCUT2D eigenvalue weighted by molar-refractivity contribution is 0.355. The van der Waals surface area contributed by atoms with Crippen LogP contribution < -0.4 is 20.6 Å². The second-order valence-corrected chi connectivity index (χ2v) is 3.93. The Balaban J connectivity index is 0.00000220. The number of pyridine rings is 1. The largest absolute Gasteiger partial charge is 0.493 e. The Hall–Kier alpha value is -2.47. The smallest absolute Gasteiger partial charge is 0.169 e. The van der Waals surface area contributed by atoms with Crippen LogP contribution in [0.2, 0.25) is 0 Å². The monoisotopic (exact) mass is 308 g/mol. The van der Waals surface area contributed by atoms with E-state index in [2.05, 4.69) is 15.5 Å². The van der Waals surface area contributed by atoms with Gasteiger partial charge in [-0.15, -0.1) is 12.4 Å². The van der Waals surface area contributed by atoms with Crippen molar-refractivity contribution in [2.24, 2.45) is 5.10 Å². The van der Waals surface area contributed by atoms with Gasteiger partial charge in [-0.3, -0.25) is 5.43 Å². The maximum Gasteiger partial charge on any atom is 0.169 e. The number of benzene rings is 1. The van der Waals surface area contributed by atoms with Gasteiger partial charge in [0.05, 0.1) is 26.1 Å². The van der Waals surface area contributed by atoms with E-state index in [1.807, 2.05) is 18.2 Å². The molecule has 0 atom stereocenters. The molecule has 0 spiro atoms. The summed E-state index contributed by atoms with van der Waals surface area (Å²) in [5, 5.41) is 4.09. The highest BCUT2D eigenvalue weighted by Crippen LogP contribution is 2.26. The second kappa shape index (κ2) is 7.96. The zero-order valence-corrected chi connectivity index (χ0v) is 12.6. The summed E-state index contributed by atoms with van der Waals surface area (Å²) in [6, 6.07) is 9.02. The van der Waals surface area contributed by atoms with Crippen LogP contribution in [0.4, 0.5) is 11.5 Å². The van der Waals surface area contributed by atoms with Gasteiger partial charge in [0, 0.05) is 6.20 Å². The van der Waals surface area contributed by atoms with Crippen LogP contribution in [-0.2, 0) is 0 Å². The summed E-state index contributed by atoms with van der Waals surface area (Å²) < 4.78 is 10.4. The fraction of sp³-hybridized carbons (Fsp3) is 0.143. The third-order valence-corrected chi connectivity index (χ3v) is 2.63. The quantitative estimate of drug-likeness (QED) is 0.655. The lowest BCUT2D eigenvalue weighted by atomic mass is 10.2. The van der Waals surface area contributed by atoms with Crippen LogP contribution in [0.25, 0.3) is 0 Å². The van der Waals surface area contributed by atoms with Gasteiger partial charge in [-0.1, -0.05) is 0 Å². The molecule has 6 nitrogen and oxygen atoms in total. The van der Waals surface area contributed by atoms with Gasteiger partial charge in [-0.05, 0) is 35.9 Å². The first-order chi connectivity index (χ1) is 9.74. The third-order valence-electron chi connectivity index (χ3n) is 2.63. The number of nitrogen functional groups attached to an aromatic ring is 1. The number of rotatable bonds is 5. The highest BCUT2D eigenvalue weighted by molar-refractivity contribution is 5.85. The number of aromatic nitrogens is 1. The number of nitrogens with two attached hydrogens (primary N) is 1. The number of nitrogens with zero attached hydrogens (tertiary/aromatic N) is 2. The molecule has 2 aromatic rings. The number of ether oxygens (including phenoxy) is 2. The summed E-state index contributed by atoms with van der Waals surface area (Å²) >= 11 is 0. The van der Waals surface area contributed by atoms with Crippen LogP contribution in [0.5, 0.6) is 11.5 Å². The van der Waals surface area contributed by atoms with Gasteiger partial charge >= 0.3 is 0 Å². The zero-order valence-electron chi connectivity index (χ0n) is 11.7. The minimum absolute atomic E-state index is 0. The van der Waals surface area contributed by atoms with Crippen LogP contribution in [0.1, 0.15) is 5.56 Å². The van der Waals surface area contributed by atoms with Crippen LogP contribution in [0.15, 0.2) is 41.6 Å². The van der Waals surface area contributed by atoms with E-state index >= 15 is 0 Å². The molecule has 1 aromatic carbocycles. The molecule has 0 radical (unpaired) electrons. The van der Waals surface area contributed by atoms with E-state index < -0.39 is 0 Å². The van der Waals surface area contributed by atoms with Crippen molar-refractivity contribution in [1.82, 2.24) is 4.98 Å². The molecule has 0 amide bonds. The Labute approximate surface area is 129 Å². The SMILES string of the molecule is COc1ccc(C=NNc2ncccc2N)cc1OC.Cl. The van der Waals surface area contributed by atoms with Crippen LogP contribution in [-0.4, -0.2) is 25.4 Å². The number of hydrogen-bond acceptors (Lipinski definition) is 6. The summed E-state index contributed by atoms with van der Waals surface area (Å²) in [7, 11) is 3.18. The number of hydrogen-bond donors (Lipinski definition) is 2. The highest BCUT2D eigenvalue weighted by atomic mass is 35.5. The third kappa shape index (κ3) is 4.25. The van der Waals surface area contributed by atoms with Gasteiger partial charge in [0.2, 0.25) is 0 Å². The average Bonchev–Trinajstić information content (AvgIpc) is 2.49. The molecule has 0 aliphatic carbocycles. The topological polar surface area (TPSA) is 81.8 Å². The maximum atomic E-state index is 5.75. The average molecular weight is 309 g/mol. The van der Waals surface area contributed by atoms with E-state index in [-0.39, 0.29) is 12.4 Å². The predicted molar refractivity (Wildman–Crippen MR) is 86.7 cm³/mol. The molecule has 0 aliphatic rings. The van der Waals surface area contributed by atoms with Crippen molar-refractivity contribution < 1.29 is 9.47 Å². The van der Waals surface area contributed by atoms with E-state index in [4.69, 9.17) is 15.2 Å². The van der Waals surface area contributed by atoms with Crippen molar-refractivity contribution in [3.05, 3.63) is 42.1 Å². The molecule has 0 saturated heterocycles. The predicted octanol–water partition coefficient (Wildman–Crippen LogP) is 2.55. The molecule has 1 aromatic heterocycles. The van der Waals surface area contributed by atoms with Gasteiger partial charge in [0.1, 0.15) is 0 Å². The molecule has 3 N–H and O–H groups in total. The first-order valence-electron chi connectivity index (χ1n) is 5.96. The first kappa shape index (κ1) is 16.6. The highest BCUT2D eigenvalue weighted by Gasteiger charge is 2.03. The van der Waals surface area contributed by atoms with E-state index in [9.17, 15) is 0 Å². The molecular weight excluding hydrogens is 292 g/mol. The van der Waals surface area contributed by atoms with Crippen molar-refractivity contribution in [3.8, 4) is 11.5 Å². The Morgan fingerprint density at radius 1 is 1.19 bits per heavy atom. The molecule has 21 heavy (non-hydrogen) atoms. The van der Waals surface area contributed by atoms with E-state index in [0.717, 1.165) is 5.56 Å². The molecule has 0 unspecified atom stereocenters. The fourth-order valence-electron chi connectivity index (χ4n) is 1.61. The summed E-state index contributed by atoms with van der Waals surface area (Å²) in [6.45, 7) is 0. The van der Waals surface area contributed by atoms with Gasteiger partial charge in [0.15, 0.2) is 17.3 Å². The van der Waals surface area contributed by atoms with Crippen molar-refractivity contribution in [1.29, 1.82) is 0 Å². The van der Waals surface area contributed by atoms with Crippen LogP contribution in [0, 0.1) is 0 Å².